The molecular formula is C17H21N3O3. The van der Waals surface area contributed by atoms with E-state index in [9.17, 15) is 4.79 Å². The molecule has 5 N–H and O–H groups in total. The number of amides is 1. The van der Waals surface area contributed by atoms with Crippen LogP contribution < -0.4 is 21.5 Å². The first-order valence-corrected chi connectivity index (χ1v) is 7.48. The van der Waals surface area contributed by atoms with Gasteiger partial charge in [-0.15, -0.1) is 0 Å². The van der Waals surface area contributed by atoms with Gasteiger partial charge in [0.25, 0.3) is 5.91 Å². The van der Waals surface area contributed by atoms with Crippen molar-refractivity contribution in [2.24, 2.45) is 11.5 Å². The Labute approximate surface area is 135 Å². The molecule has 0 unspecified atom stereocenters. The predicted molar refractivity (Wildman–Crippen MR) is 89.3 cm³/mol. The summed E-state index contributed by atoms with van der Waals surface area (Å²) in [5, 5.41) is 3.57. The van der Waals surface area contributed by atoms with Crippen molar-refractivity contribution in [3.8, 4) is 17.6 Å². The summed E-state index contributed by atoms with van der Waals surface area (Å²) >= 11 is 0. The Kier molecular flexibility index (Phi) is 6.03. The maximum Gasteiger partial charge on any atom is 0.287 e. The van der Waals surface area contributed by atoms with Gasteiger partial charge in [-0.1, -0.05) is 11.8 Å². The Morgan fingerprint density at radius 3 is 2.83 bits per heavy atom. The molecule has 0 aliphatic carbocycles. The van der Waals surface area contributed by atoms with Gasteiger partial charge in [-0.25, -0.2) is 0 Å². The zero-order valence-electron chi connectivity index (χ0n) is 13.1. The number of hydrogen-bond donors (Lipinski definition) is 3. The fourth-order valence-corrected chi connectivity index (χ4v) is 2.17. The van der Waals surface area contributed by atoms with E-state index < -0.39 is 0 Å². The maximum absolute atomic E-state index is 12.1. The van der Waals surface area contributed by atoms with E-state index in [0.29, 0.717) is 24.4 Å². The van der Waals surface area contributed by atoms with Crippen molar-refractivity contribution in [1.82, 2.24) is 5.32 Å². The molecule has 0 bridgehead atoms. The molecule has 0 spiro atoms. The van der Waals surface area contributed by atoms with Crippen LogP contribution in [0.2, 0.25) is 0 Å². The molecule has 1 heterocycles. The molecule has 6 nitrogen and oxygen atoms in total. The summed E-state index contributed by atoms with van der Waals surface area (Å²) in [5.74, 6) is 6.26. The number of rotatable bonds is 6. The van der Waals surface area contributed by atoms with E-state index in [0.717, 1.165) is 23.8 Å². The highest BCUT2D eigenvalue weighted by atomic mass is 16.5. The number of carbonyl (C=O) groups excluding carboxylic acids is 1. The minimum absolute atomic E-state index is 0.245. The van der Waals surface area contributed by atoms with Crippen LogP contribution in [0.5, 0.6) is 5.75 Å². The zero-order valence-corrected chi connectivity index (χ0v) is 13.1. The summed E-state index contributed by atoms with van der Waals surface area (Å²) < 4.78 is 10.9. The van der Waals surface area contributed by atoms with E-state index in [1.807, 2.05) is 6.07 Å². The van der Waals surface area contributed by atoms with Crippen LogP contribution in [-0.2, 0) is 0 Å². The van der Waals surface area contributed by atoms with Crippen LogP contribution in [-0.4, -0.2) is 32.7 Å². The number of nitrogens with one attached hydrogen (secondary N) is 1. The first-order chi connectivity index (χ1) is 11.2. The van der Waals surface area contributed by atoms with E-state index in [1.165, 1.54) is 0 Å². The summed E-state index contributed by atoms with van der Waals surface area (Å²) in [6.45, 7) is 1.46. The quantitative estimate of drug-likeness (QED) is 0.549. The molecule has 0 atom stereocenters. The molecule has 1 aromatic carbocycles. The smallest absolute Gasteiger partial charge is 0.287 e. The number of methoxy groups -OCH3 is 1. The van der Waals surface area contributed by atoms with Crippen molar-refractivity contribution in [2.45, 2.75) is 12.8 Å². The molecule has 122 valence electrons. The van der Waals surface area contributed by atoms with Crippen LogP contribution in [0.1, 0.15) is 29.0 Å². The lowest BCUT2D eigenvalue weighted by atomic mass is 10.1. The topological polar surface area (TPSA) is 104 Å². The first-order valence-electron chi connectivity index (χ1n) is 7.48. The molecular weight excluding hydrogens is 294 g/mol. The number of fused-ring (bicyclic) bond motifs is 1. The lowest BCUT2D eigenvalue weighted by Crippen LogP contribution is -2.24. The molecule has 0 aliphatic rings. The normalized spacial score (nSPS) is 10.2. The Morgan fingerprint density at radius 1 is 1.30 bits per heavy atom. The predicted octanol–water partition coefficient (Wildman–Crippen LogP) is 1.22. The molecule has 2 aromatic rings. The highest BCUT2D eigenvalue weighted by Gasteiger charge is 2.15. The third kappa shape index (κ3) is 4.25. The Hall–Kier alpha value is -2.49. The second-order valence-corrected chi connectivity index (χ2v) is 4.97. The molecule has 6 heteroatoms. The number of hydrogen-bond acceptors (Lipinski definition) is 5. The molecule has 0 saturated carbocycles. The van der Waals surface area contributed by atoms with Crippen LogP contribution in [0.4, 0.5) is 0 Å². The van der Waals surface area contributed by atoms with Gasteiger partial charge in [0.1, 0.15) is 0 Å². The summed E-state index contributed by atoms with van der Waals surface area (Å²) in [6.07, 6.45) is 1.71. The fraction of sp³-hybridized carbons (Fsp3) is 0.353. The van der Waals surface area contributed by atoms with Gasteiger partial charge in [0.05, 0.1) is 13.7 Å². The van der Waals surface area contributed by atoms with Crippen molar-refractivity contribution in [3.05, 3.63) is 29.5 Å². The fourth-order valence-electron chi connectivity index (χ4n) is 2.17. The zero-order chi connectivity index (χ0) is 16.7. The lowest BCUT2D eigenvalue weighted by molar-refractivity contribution is 0.0927. The molecule has 0 fully saturated rings. The Morgan fingerprint density at radius 2 is 2.13 bits per heavy atom. The summed E-state index contributed by atoms with van der Waals surface area (Å²) in [4.78, 5) is 12.1. The minimum Gasteiger partial charge on any atom is -0.493 e. The van der Waals surface area contributed by atoms with Gasteiger partial charge in [0.15, 0.2) is 17.1 Å². The van der Waals surface area contributed by atoms with Gasteiger partial charge in [-0.05, 0) is 37.6 Å². The Balaban J connectivity index is 2.24. The average Bonchev–Trinajstić information content (AvgIpc) is 3.00. The third-order valence-electron chi connectivity index (χ3n) is 3.28. The van der Waals surface area contributed by atoms with Crippen LogP contribution >= 0.6 is 0 Å². The minimum atomic E-state index is -0.255. The molecule has 1 aromatic heterocycles. The average molecular weight is 315 g/mol. The van der Waals surface area contributed by atoms with Gasteiger partial charge in [-0.3, -0.25) is 4.79 Å². The van der Waals surface area contributed by atoms with Crippen molar-refractivity contribution >= 4 is 16.9 Å². The van der Waals surface area contributed by atoms with Crippen LogP contribution in [0.3, 0.4) is 0 Å². The van der Waals surface area contributed by atoms with Crippen LogP contribution in [0, 0.1) is 11.8 Å². The molecule has 0 radical (unpaired) electrons. The number of benzene rings is 1. The van der Waals surface area contributed by atoms with Gasteiger partial charge < -0.3 is 25.9 Å². The number of nitrogens with two attached hydrogens (primary N) is 2. The van der Waals surface area contributed by atoms with Crippen LogP contribution in [0.15, 0.2) is 22.6 Å². The molecule has 2 rings (SSSR count). The monoisotopic (exact) mass is 315 g/mol. The van der Waals surface area contributed by atoms with E-state index in [4.69, 9.17) is 20.6 Å². The van der Waals surface area contributed by atoms with Crippen molar-refractivity contribution in [2.75, 3.05) is 26.7 Å². The second kappa shape index (κ2) is 8.22. The van der Waals surface area contributed by atoms with Crippen molar-refractivity contribution in [1.29, 1.82) is 0 Å². The van der Waals surface area contributed by atoms with E-state index >= 15 is 0 Å². The number of furan rings is 1. The number of unbranched alkanes of at least 4 members (excludes halogenated alkanes) is 1. The summed E-state index contributed by atoms with van der Waals surface area (Å²) in [5.41, 5.74) is 12.1. The lowest BCUT2D eigenvalue weighted by Gasteiger charge is -2.02. The number of ether oxygens (including phenoxy) is 1. The molecule has 1 amide bonds. The van der Waals surface area contributed by atoms with Crippen LogP contribution in [0.25, 0.3) is 11.0 Å². The summed E-state index contributed by atoms with van der Waals surface area (Å²) in [7, 11) is 1.55. The molecule has 0 saturated heterocycles. The van der Waals surface area contributed by atoms with Gasteiger partial charge in [0, 0.05) is 17.5 Å². The van der Waals surface area contributed by atoms with Gasteiger partial charge >= 0.3 is 0 Å². The Bertz CT molecular complexity index is 741. The standard InChI is InChI=1S/C17H21N3O3/c1-22-14-10-12(5-4-7-19)9-13-11-15(23-16(13)14)17(21)20-8-3-2-6-18/h9-11H,2-3,6-8,18-19H2,1H3,(H,20,21). The largest absolute Gasteiger partial charge is 0.493 e. The highest BCUT2D eigenvalue weighted by Crippen LogP contribution is 2.30. The van der Waals surface area contributed by atoms with E-state index in [1.54, 1.807) is 19.2 Å². The third-order valence-corrected chi connectivity index (χ3v) is 3.28. The second-order valence-electron chi connectivity index (χ2n) is 4.97. The maximum atomic E-state index is 12.1. The van der Waals surface area contributed by atoms with Crippen molar-refractivity contribution < 1.29 is 13.9 Å². The SMILES string of the molecule is COc1cc(C#CCN)cc2cc(C(=O)NCCCCN)oc12. The highest BCUT2D eigenvalue weighted by molar-refractivity contribution is 5.97. The van der Waals surface area contributed by atoms with Gasteiger partial charge in [-0.2, -0.15) is 0 Å². The van der Waals surface area contributed by atoms with E-state index in [-0.39, 0.29) is 18.2 Å². The summed E-state index contributed by atoms with van der Waals surface area (Å²) in [6, 6.07) is 5.29. The molecule has 23 heavy (non-hydrogen) atoms. The number of carbonyl (C=O) groups is 1. The van der Waals surface area contributed by atoms with E-state index in [2.05, 4.69) is 17.2 Å². The first kappa shape index (κ1) is 16.9. The van der Waals surface area contributed by atoms with Gasteiger partial charge in [0.2, 0.25) is 0 Å². The van der Waals surface area contributed by atoms with Crippen molar-refractivity contribution in [3.63, 3.8) is 0 Å². The molecule has 0 aliphatic heterocycles.